The van der Waals surface area contributed by atoms with Crippen molar-refractivity contribution in [2.24, 2.45) is 0 Å². The molecule has 0 aliphatic heterocycles. The summed E-state index contributed by atoms with van der Waals surface area (Å²) in [6, 6.07) is 8.57. The zero-order valence-electron chi connectivity index (χ0n) is 12.1. The van der Waals surface area contributed by atoms with Crippen LogP contribution >= 0.6 is 0 Å². The first kappa shape index (κ1) is 14.2. The average molecular weight is 263 g/mol. The summed E-state index contributed by atoms with van der Waals surface area (Å²) >= 11 is 0. The summed E-state index contributed by atoms with van der Waals surface area (Å²) in [5.74, 6) is 1.64. The fourth-order valence-electron chi connectivity index (χ4n) is 2.74. The molecule has 1 saturated carbocycles. The first-order valence-electron chi connectivity index (χ1n) is 7.27. The van der Waals surface area contributed by atoms with Gasteiger partial charge in [0, 0.05) is 12.6 Å². The van der Waals surface area contributed by atoms with Crippen LogP contribution in [0.3, 0.4) is 0 Å². The van der Waals surface area contributed by atoms with Gasteiger partial charge in [-0.05, 0) is 32.0 Å². The van der Waals surface area contributed by atoms with Crippen LogP contribution in [-0.2, 0) is 0 Å². The van der Waals surface area contributed by atoms with E-state index in [0.29, 0.717) is 6.61 Å². The Kier molecular flexibility index (Phi) is 5.52. The lowest BCUT2D eigenvalue weighted by Crippen LogP contribution is -2.36. The van der Waals surface area contributed by atoms with Crippen LogP contribution in [0.1, 0.15) is 32.1 Å². The van der Waals surface area contributed by atoms with Gasteiger partial charge in [0.15, 0.2) is 11.5 Å². The molecular weight excluding hydrogens is 238 g/mol. The molecular formula is C16H25NO2. The number of hydrogen-bond donors (Lipinski definition) is 0. The van der Waals surface area contributed by atoms with E-state index in [1.54, 1.807) is 7.11 Å². The van der Waals surface area contributed by atoms with Crippen molar-refractivity contribution in [2.45, 2.75) is 38.1 Å². The summed E-state index contributed by atoms with van der Waals surface area (Å²) in [5, 5.41) is 0. The minimum atomic E-state index is 0.716. The molecule has 0 unspecified atom stereocenters. The highest BCUT2D eigenvalue weighted by molar-refractivity contribution is 5.39. The highest BCUT2D eigenvalue weighted by Crippen LogP contribution is 2.26. The zero-order valence-corrected chi connectivity index (χ0v) is 12.1. The largest absolute Gasteiger partial charge is 0.493 e. The van der Waals surface area contributed by atoms with Crippen LogP contribution in [0.5, 0.6) is 11.5 Å². The molecule has 0 amide bonds. The van der Waals surface area contributed by atoms with Crippen LogP contribution < -0.4 is 9.47 Å². The molecule has 1 aromatic rings. The van der Waals surface area contributed by atoms with Gasteiger partial charge in [-0.2, -0.15) is 0 Å². The summed E-state index contributed by atoms with van der Waals surface area (Å²) in [6.45, 7) is 1.69. The van der Waals surface area contributed by atoms with E-state index < -0.39 is 0 Å². The highest BCUT2D eigenvalue weighted by atomic mass is 16.5. The highest BCUT2D eigenvalue weighted by Gasteiger charge is 2.17. The molecule has 0 aromatic heterocycles. The quantitative estimate of drug-likeness (QED) is 0.785. The van der Waals surface area contributed by atoms with Crippen molar-refractivity contribution in [1.82, 2.24) is 4.90 Å². The molecule has 19 heavy (non-hydrogen) atoms. The summed E-state index contributed by atoms with van der Waals surface area (Å²) in [7, 11) is 3.89. The van der Waals surface area contributed by atoms with Gasteiger partial charge in [-0.1, -0.05) is 31.4 Å². The molecule has 1 aliphatic rings. The van der Waals surface area contributed by atoms with Gasteiger partial charge in [-0.15, -0.1) is 0 Å². The van der Waals surface area contributed by atoms with Crippen molar-refractivity contribution in [1.29, 1.82) is 0 Å². The third-order valence-corrected chi connectivity index (χ3v) is 3.97. The molecule has 3 nitrogen and oxygen atoms in total. The first-order valence-corrected chi connectivity index (χ1v) is 7.27. The predicted octanol–water partition coefficient (Wildman–Crippen LogP) is 3.34. The van der Waals surface area contributed by atoms with E-state index in [2.05, 4.69) is 11.9 Å². The maximum absolute atomic E-state index is 5.82. The maximum Gasteiger partial charge on any atom is 0.161 e. The fourth-order valence-corrected chi connectivity index (χ4v) is 2.74. The Morgan fingerprint density at radius 2 is 1.79 bits per heavy atom. The molecule has 0 heterocycles. The number of methoxy groups -OCH3 is 1. The third kappa shape index (κ3) is 4.13. The van der Waals surface area contributed by atoms with Crippen molar-refractivity contribution < 1.29 is 9.47 Å². The molecule has 0 radical (unpaired) electrons. The second-order valence-corrected chi connectivity index (χ2v) is 5.27. The van der Waals surface area contributed by atoms with Crippen LogP contribution in [0.2, 0.25) is 0 Å². The summed E-state index contributed by atoms with van der Waals surface area (Å²) in [6.07, 6.45) is 6.84. The van der Waals surface area contributed by atoms with Crippen LogP contribution in [0.25, 0.3) is 0 Å². The summed E-state index contributed by atoms with van der Waals surface area (Å²) < 4.78 is 11.1. The van der Waals surface area contributed by atoms with Crippen LogP contribution in [0.15, 0.2) is 24.3 Å². The molecule has 0 saturated heterocycles. The van der Waals surface area contributed by atoms with Gasteiger partial charge >= 0.3 is 0 Å². The van der Waals surface area contributed by atoms with Crippen molar-refractivity contribution >= 4 is 0 Å². The number of ether oxygens (including phenoxy) is 2. The van der Waals surface area contributed by atoms with Crippen LogP contribution in [0.4, 0.5) is 0 Å². The van der Waals surface area contributed by atoms with Gasteiger partial charge in [0.25, 0.3) is 0 Å². The van der Waals surface area contributed by atoms with Gasteiger partial charge in [-0.25, -0.2) is 0 Å². The summed E-state index contributed by atoms with van der Waals surface area (Å²) in [4.78, 5) is 2.44. The molecule has 0 N–H and O–H groups in total. The second kappa shape index (κ2) is 7.39. The number of hydrogen-bond acceptors (Lipinski definition) is 3. The molecule has 2 rings (SSSR count). The van der Waals surface area contributed by atoms with E-state index in [-0.39, 0.29) is 0 Å². The van der Waals surface area contributed by atoms with Gasteiger partial charge in [-0.3, -0.25) is 0 Å². The van der Waals surface area contributed by atoms with Crippen molar-refractivity contribution in [3.63, 3.8) is 0 Å². The van der Waals surface area contributed by atoms with Crippen molar-refractivity contribution in [2.75, 3.05) is 27.3 Å². The molecule has 0 atom stereocenters. The molecule has 106 valence electrons. The standard InChI is InChI=1S/C16H25NO2/c1-17(14-8-4-3-5-9-14)12-13-19-16-11-7-6-10-15(16)18-2/h6-7,10-11,14H,3-5,8-9,12-13H2,1-2H3. The fraction of sp³-hybridized carbons (Fsp3) is 0.625. The lowest BCUT2D eigenvalue weighted by atomic mass is 9.94. The van der Waals surface area contributed by atoms with E-state index in [1.165, 1.54) is 32.1 Å². The Balaban J connectivity index is 1.76. The molecule has 1 aromatic carbocycles. The smallest absolute Gasteiger partial charge is 0.161 e. The molecule has 0 spiro atoms. The average Bonchev–Trinajstić information content (AvgIpc) is 2.48. The van der Waals surface area contributed by atoms with Crippen LogP contribution in [-0.4, -0.2) is 38.3 Å². The Hall–Kier alpha value is -1.22. The second-order valence-electron chi connectivity index (χ2n) is 5.27. The number of benzene rings is 1. The molecule has 0 bridgehead atoms. The molecule has 3 heteroatoms. The number of rotatable bonds is 6. The third-order valence-electron chi connectivity index (χ3n) is 3.97. The van der Waals surface area contributed by atoms with Crippen LogP contribution in [0, 0.1) is 0 Å². The maximum atomic E-state index is 5.82. The van der Waals surface area contributed by atoms with Crippen molar-refractivity contribution in [3.8, 4) is 11.5 Å². The minimum Gasteiger partial charge on any atom is -0.493 e. The lowest BCUT2D eigenvalue weighted by Gasteiger charge is -2.31. The van der Waals surface area contributed by atoms with E-state index in [1.807, 2.05) is 24.3 Å². The van der Waals surface area contributed by atoms with E-state index in [0.717, 1.165) is 24.1 Å². The zero-order chi connectivity index (χ0) is 13.5. The number of nitrogens with zero attached hydrogens (tertiary/aromatic N) is 1. The summed E-state index contributed by atoms with van der Waals surface area (Å²) in [5.41, 5.74) is 0. The normalized spacial score (nSPS) is 16.6. The van der Waals surface area contributed by atoms with E-state index >= 15 is 0 Å². The van der Waals surface area contributed by atoms with E-state index in [4.69, 9.17) is 9.47 Å². The predicted molar refractivity (Wildman–Crippen MR) is 78.0 cm³/mol. The Bertz CT molecular complexity index is 375. The van der Waals surface area contributed by atoms with Gasteiger partial charge in [0.1, 0.15) is 6.61 Å². The molecule has 1 fully saturated rings. The Morgan fingerprint density at radius 3 is 2.47 bits per heavy atom. The Labute approximate surface area is 116 Å². The molecule has 1 aliphatic carbocycles. The van der Waals surface area contributed by atoms with Crippen molar-refractivity contribution in [3.05, 3.63) is 24.3 Å². The minimum absolute atomic E-state index is 0.716. The van der Waals surface area contributed by atoms with Gasteiger partial charge < -0.3 is 14.4 Å². The van der Waals surface area contributed by atoms with Gasteiger partial charge in [0.2, 0.25) is 0 Å². The van der Waals surface area contributed by atoms with E-state index in [9.17, 15) is 0 Å². The first-order chi connectivity index (χ1) is 9.31. The van der Waals surface area contributed by atoms with Gasteiger partial charge in [0.05, 0.1) is 7.11 Å². The number of likely N-dealkylation sites (N-methyl/N-ethyl adjacent to an activating group) is 1. The SMILES string of the molecule is COc1ccccc1OCCN(C)C1CCCCC1. The lowest BCUT2D eigenvalue weighted by molar-refractivity contribution is 0.158. The number of para-hydroxylation sites is 2. The monoisotopic (exact) mass is 263 g/mol. The Morgan fingerprint density at radius 1 is 1.11 bits per heavy atom. The topological polar surface area (TPSA) is 21.7 Å².